The number of anilines is 1. The maximum Gasteiger partial charge on any atom is 0.319 e. The quantitative estimate of drug-likeness (QED) is 0.747. The van der Waals surface area contributed by atoms with Crippen LogP contribution < -0.4 is 15.4 Å². The van der Waals surface area contributed by atoms with Gasteiger partial charge >= 0.3 is 12.0 Å². The summed E-state index contributed by atoms with van der Waals surface area (Å²) in [5, 5.41) is 13.7. The fraction of sp³-hybridized carbons (Fsp3) is 0.417. The van der Waals surface area contributed by atoms with Crippen LogP contribution in [-0.4, -0.2) is 34.7 Å². The summed E-state index contributed by atoms with van der Waals surface area (Å²) in [4.78, 5) is 25.9. The molecule has 0 fully saturated rings. The minimum absolute atomic E-state index is 0.0233. The standard InChI is InChI=1S/C12H16ClN3O4/c1-7(2)20-11-9(5-8(13)6-15-11)16-12(19)14-4-3-10(17)18/h5-7H,3-4H2,1-2H3,(H,17,18)(H2,14,16,19). The van der Waals surface area contributed by atoms with Crippen LogP contribution >= 0.6 is 11.6 Å². The van der Waals surface area contributed by atoms with E-state index in [-0.39, 0.29) is 24.9 Å². The van der Waals surface area contributed by atoms with E-state index >= 15 is 0 Å². The lowest BCUT2D eigenvalue weighted by molar-refractivity contribution is -0.136. The molecule has 0 unspecified atom stereocenters. The molecule has 1 rings (SSSR count). The van der Waals surface area contributed by atoms with Gasteiger partial charge in [0.1, 0.15) is 5.69 Å². The molecule has 7 nitrogen and oxygen atoms in total. The number of hydrogen-bond donors (Lipinski definition) is 3. The topological polar surface area (TPSA) is 101 Å². The molecule has 110 valence electrons. The van der Waals surface area contributed by atoms with Gasteiger partial charge in [-0.1, -0.05) is 11.6 Å². The van der Waals surface area contributed by atoms with Gasteiger partial charge in [-0.2, -0.15) is 0 Å². The van der Waals surface area contributed by atoms with Crippen LogP contribution in [0.3, 0.4) is 0 Å². The number of carbonyl (C=O) groups excluding carboxylic acids is 1. The zero-order valence-corrected chi connectivity index (χ0v) is 11.9. The number of urea groups is 1. The average Bonchev–Trinajstić information content (AvgIpc) is 2.31. The first kappa shape index (κ1) is 16.0. The molecule has 0 aromatic carbocycles. The van der Waals surface area contributed by atoms with Crippen molar-refractivity contribution >= 4 is 29.3 Å². The number of pyridine rings is 1. The van der Waals surface area contributed by atoms with Crippen molar-refractivity contribution in [2.45, 2.75) is 26.4 Å². The summed E-state index contributed by atoms with van der Waals surface area (Å²) in [5.74, 6) is -0.740. The number of aromatic nitrogens is 1. The van der Waals surface area contributed by atoms with Crippen molar-refractivity contribution < 1.29 is 19.4 Å². The Hall–Kier alpha value is -2.02. The number of nitrogens with one attached hydrogen (secondary N) is 2. The lowest BCUT2D eigenvalue weighted by Gasteiger charge is -2.14. The van der Waals surface area contributed by atoms with E-state index in [1.807, 2.05) is 13.8 Å². The van der Waals surface area contributed by atoms with E-state index in [0.29, 0.717) is 10.7 Å². The molecular formula is C12H16ClN3O4. The van der Waals surface area contributed by atoms with Crippen molar-refractivity contribution in [2.24, 2.45) is 0 Å². The van der Waals surface area contributed by atoms with Gasteiger partial charge in [0.15, 0.2) is 0 Å². The van der Waals surface area contributed by atoms with Crippen LogP contribution in [0.1, 0.15) is 20.3 Å². The summed E-state index contributed by atoms with van der Waals surface area (Å²) in [5.41, 5.74) is 0.319. The van der Waals surface area contributed by atoms with Crippen LogP contribution in [0.25, 0.3) is 0 Å². The molecule has 20 heavy (non-hydrogen) atoms. The predicted molar refractivity (Wildman–Crippen MR) is 74.3 cm³/mol. The first-order valence-electron chi connectivity index (χ1n) is 5.97. The molecule has 0 aliphatic carbocycles. The van der Waals surface area contributed by atoms with E-state index in [9.17, 15) is 9.59 Å². The monoisotopic (exact) mass is 301 g/mol. The lowest BCUT2D eigenvalue weighted by atomic mass is 10.4. The molecule has 0 spiro atoms. The summed E-state index contributed by atoms with van der Waals surface area (Å²) in [6.45, 7) is 3.68. The Bertz CT molecular complexity index is 494. The van der Waals surface area contributed by atoms with Crippen molar-refractivity contribution in [2.75, 3.05) is 11.9 Å². The largest absolute Gasteiger partial charge is 0.481 e. The Labute approximate surface area is 121 Å². The SMILES string of the molecule is CC(C)Oc1ncc(Cl)cc1NC(=O)NCCC(=O)O. The van der Waals surface area contributed by atoms with E-state index < -0.39 is 12.0 Å². The van der Waals surface area contributed by atoms with Crippen LogP contribution in [0.15, 0.2) is 12.3 Å². The molecule has 3 N–H and O–H groups in total. The molecule has 1 heterocycles. The highest BCUT2D eigenvalue weighted by Gasteiger charge is 2.11. The van der Waals surface area contributed by atoms with Crippen molar-refractivity contribution in [3.05, 3.63) is 17.3 Å². The maximum atomic E-state index is 11.6. The van der Waals surface area contributed by atoms with Gasteiger partial charge in [0.25, 0.3) is 0 Å². The molecule has 0 aliphatic heterocycles. The smallest absolute Gasteiger partial charge is 0.319 e. The predicted octanol–water partition coefficient (Wildman–Crippen LogP) is 2.12. The number of amides is 2. The van der Waals surface area contributed by atoms with E-state index in [2.05, 4.69) is 15.6 Å². The number of aliphatic carboxylic acids is 1. The number of nitrogens with zero attached hydrogens (tertiary/aromatic N) is 1. The number of halogens is 1. The highest BCUT2D eigenvalue weighted by atomic mass is 35.5. The second kappa shape index (κ2) is 7.54. The van der Waals surface area contributed by atoms with E-state index in [1.165, 1.54) is 12.3 Å². The van der Waals surface area contributed by atoms with Crippen LogP contribution in [0.4, 0.5) is 10.5 Å². The third-order valence-corrected chi connectivity index (χ3v) is 2.24. The fourth-order valence-electron chi connectivity index (χ4n) is 1.28. The Balaban J connectivity index is 2.67. The van der Waals surface area contributed by atoms with Gasteiger partial charge in [-0.15, -0.1) is 0 Å². The van der Waals surface area contributed by atoms with Gasteiger partial charge in [0.2, 0.25) is 5.88 Å². The summed E-state index contributed by atoms with van der Waals surface area (Å²) in [6.07, 6.45) is 1.14. The first-order chi connectivity index (χ1) is 9.38. The minimum Gasteiger partial charge on any atom is -0.481 e. The molecule has 0 atom stereocenters. The third-order valence-electron chi connectivity index (χ3n) is 2.04. The Morgan fingerprint density at radius 1 is 1.50 bits per heavy atom. The van der Waals surface area contributed by atoms with Gasteiger partial charge < -0.3 is 20.5 Å². The maximum absolute atomic E-state index is 11.6. The molecule has 1 aromatic rings. The van der Waals surface area contributed by atoms with E-state index in [0.717, 1.165) is 0 Å². The van der Waals surface area contributed by atoms with Gasteiger partial charge in [0, 0.05) is 12.7 Å². The molecule has 0 saturated heterocycles. The molecule has 0 aliphatic rings. The summed E-state index contributed by atoms with van der Waals surface area (Å²) < 4.78 is 5.44. The minimum atomic E-state index is -0.987. The Kier molecular flexibility index (Phi) is 6.05. The highest BCUT2D eigenvalue weighted by Crippen LogP contribution is 2.25. The van der Waals surface area contributed by atoms with Crippen LogP contribution in [0.2, 0.25) is 5.02 Å². The first-order valence-corrected chi connectivity index (χ1v) is 6.35. The number of hydrogen-bond acceptors (Lipinski definition) is 4. The number of carbonyl (C=O) groups is 2. The second-order valence-electron chi connectivity index (χ2n) is 4.20. The summed E-state index contributed by atoms with van der Waals surface area (Å²) in [7, 11) is 0. The zero-order chi connectivity index (χ0) is 15.1. The van der Waals surface area contributed by atoms with Gasteiger partial charge in [-0.3, -0.25) is 4.79 Å². The average molecular weight is 302 g/mol. The Morgan fingerprint density at radius 3 is 2.80 bits per heavy atom. The molecule has 1 aromatic heterocycles. The van der Waals surface area contributed by atoms with Crippen LogP contribution in [0, 0.1) is 0 Å². The second-order valence-corrected chi connectivity index (χ2v) is 4.63. The number of carboxylic acids is 1. The van der Waals surface area contributed by atoms with Crippen molar-refractivity contribution in [3.63, 3.8) is 0 Å². The summed E-state index contributed by atoms with van der Waals surface area (Å²) in [6, 6.07) is 0.951. The number of carboxylic acid groups (broad SMARTS) is 1. The van der Waals surface area contributed by atoms with Crippen LogP contribution in [-0.2, 0) is 4.79 Å². The molecule has 2 amide bonds. The number of ether oxygens (including phenoxy) is 1. The fourth-order valence-corrected chi connectivity index (χ4v) is 1.44. The van der Waals surface area contributed by atoms with E-state index in [4.69, 9.17) is 21.4 Å². The lowest BCUT2D eigenvalue weighted by Crippen LogP contribution is -2.31. The van der Waals surface area contributed by atoms with Crippen LogP contribution in [0.5, 0.6) is 5.88 Å². The van der Waals surface area contributed by atoms with Crippen molar-refractivity contribution in [1.82, 2.24) is 10.3 Å². The highest BCUT2D eigenvalue weighted by molar-refractivity contribution is 6.30. The van der Waals surface area contributed by atoms with E-state index in [1.54, 1.807) is 0 Å². The van der Waals surface area contributed by atoms with Crippen molar-refractivity contribution in [3.8, 4) is 5.88 Å². The molecule has 0 bridgehead atoms. The molecular weight excluding hydrogens is 286 g/mol. The molecule has 0 radical (unpaired) electrons. The normalized spacial score (nSPS) is 10.2. The third kappa shape index (κ3) is 5.75. The van der Waals surface area contributed by atoms with Gasteiger partial charge in [-0.25, -0.2) is 9.78 Å². The molecule has 0 saturated carbocycles. The molecule has 8 heteroatoms. The van der Waals surface area contributed by atoms with Gasteiger partial charge in [0.05, 0.1) is 17.5 Å². The Morgan fingerprint density at radius 2 is 2.20 bits per heavy atom. The van der Waals surface area contributed by atoms with Gasteiger partial charge in [-0.05, 0) is 19.9 Å². The van der Waals surface area contributed by atoms with Crippen molar-refractivity contribution in [1.29, 1.82) is 0 Å². The number of rotatable bonds is 6. The zero-order valence-electron chi connectivity index (χ0n) is 11.1. The summed E-state index contributed by atoms with van der Waals surface area (Å²) >= 11 is 5.82.